The van der Waals surface area contributed by atoms with Crippen LogP contribution < -0.4 is 0 Å². The maximum atomic E-state index is 3.62. The van der Waals surface area contributed by atoms with Crippen molar-refractivity contribution in [3.63, 3.8) is 0 Å². The van der Waals surface area contributed by atoms with Crippen molar-refractivity contribution in [3.8, 4) is 0 Å². The lowest BCUT2D eigenvalue weighted by atomic mass is 10.3. The lowest BCUT2D eigenvalue weighted by Crippen LogP contribution is -1.99. The van der Waals surface area contributed by atoms with E-state index in [4.69, 9.17) is 0 Å². The summed E-state index contributed by atoms with van der Waals surface area (Å²) in [7, 11) is 1.93. The van der Waals surface area contributed by atoms with E-state index in [0.29, 0.717) is 0 Å². The van der Waals surface area contributed by atoms with Crippen LogP contribution in [0.15, 0.2) is 37.2 Å². The SMILES string of the molecule is C=CC(C)=CN(C)C=C. The molecule has 0 N–H and O–H groups in total. The summed E-state index contributed by atoms with van der Waals surface area (Å²) < 4.78 is 0. The van der Waals surface area contributed by atoms with Gasteiger partial charge in [0.1, 0.15) is 0 Å². The van der Waals surface area contributed by atoms with Crippen LogP contribution >= 0.6 is 0 Å². The first-order valence-electron chi connectivity index (χ1n) is 2.86. The van der Waals surface area contributed by atoms with Crippen molar-refractivity contribution >= 4 is 0 Å². The van der Waals surface area contributed by atoms with Crippen LogP contribution in [0.25, 0.3) is 0 Å². The van der Waals surface area contributed by atoms with Gasteiger partial charge in [0, 0.05) is 13.2 Å². The average molecular weight is 123 g/mol. The van der Waals surface area contributed by atoms with E-state index in [0.717, 1.165) is 5.57 Å². The van der Waals surface area contributed by atoms with Gasteiger partial charge in [0.15, 0.2) is 0 Å². The highest BCUT2D eigenvalue weighted by Gasteiger charge is 1.81. The molecule has 0 aromatic carbocycles. The zero-order chi connectivity index (χ0) is 7.28. The monoisotopic (exact) mass is 123 g/mol. The predicted molar refractivity (Wildman–Crippen MR) is 41.9 cm³/mol. The van der Waals surface area contributed by atoms with Crippen molar-refractivity contribution in [3.05, 3.63) is 37.2 Å². The van der Waals surface area contributed by atoms with Gasteiger partial charge in [0.05, 0.1) is 0 Å². The molecule has 0 spiro atoms. The Balaban J connectivity index is 3.92. The summed E-state index contributed by atoms with van der Waals surface area (Å²) in [6, 6.07) is 0. The predicted octanol–water partition coefficient (Wildman–Crippen LogP) is 2.15. The molecule has 0 saturated heterocycles. The molecule has 9 heavy (non-hydrogen) atoms. The average Bonchev–Trinajstić information content (AvgIpc) is 1.87. The van der Waals surface area contributed by atoms with E-state index in [1.165, 1.54) is 0 Å². The van der Waals surface area contributed by atoms with Gasteiger partial charge in [-0.05, 0) is 18.7 Å². The molecule has 0 amide bonds. The molecular formula is C8H13N. The number of allylic oxidation sites excluding steroid dienone is 2. The second kappa shape index (κ2) is 3.96. The first kappa shape index (κ1) is 8.02. The molecule has 0 heterocycles. The summed E-state index contributed by atoms with van der Waals surface area (Å²) >= 11 is 0. The van der Waals surface area contributed by atoms with Crippen molar-refractivity contribution in [2.24, 2.45) is 0 Å². The van der Waals surface area contributed by atoms with Crippen LogP contribution in [-0.2, 0) is 0 Å². The van der Waals surface area contributed by atoms with Crippen molar-refractivity contribution in [2.45, 2.75) is 6.92 Å². The molecule has 1 nitrogen and oxygen atoms in total. The summed E-state index contributed by atoms with van der Waals surface area (Å²) in [5.41, 5.74) is 1.14. The number of nitrogens with zero attached hydrogens (tertiary/aromatic N) is 1. The molecular weight excluding hydrogens is 110 g/mol. The minimum absolute atomic E-state index is 1.14. The largest absolute Gasteiger partial charge is 0.358 e. The van der Waals surface area contributed by atoms with E-state index in [2.05, 4.69) is 13.2 Å². The highest BCUT2D eigenvalue weighted by atomic mass is 15.0. The maximum absolute atomic E-state index is 3.62. The van der Waals surface area contributed by atoms with Gasteiger partial charge < -0.3 is 4.90 Å². The molecule has 0 aromatic heterocycles. The Morgan fingerprint density at radius 1 is 1.44 bits per heavy atom. The smallest absolute Gasteiger partial charge is 0.0106 e. The number of hydrogen-bond donors (Lipinski definition) is 0. The standard InChI is InChI=1S/C8H13N/c1-5-8(3)7-9(4)6-2/h5-7H,1-2H2,3-4H3. The van der Waals surface area contributed by atoms with E-state index in [-0.39, 0.29) is 0 Å². The molecule has 0 atom stereocenters. The van der Waals surface area contributed by atoms with E-state index in [1.807, 2.05) is 25.1 Å². The van der Waals surface area contributed by atoms with E-state index in [9.17, 15) is 0 Å². The normalized spacial score (nSPS) is 10.7. The third-order valence-corrected chi connectivity index (χ3v) is 1.02. The Hall–Kier alpha value is -0.980. The fraction of sp³-hybridized carbons (Fsp3) is 0.250. The van der Waals surface area contributed by atoms with Crippen LogP contribution in [0.5, 0.6) is 0 Å². The maximum Gasteiger partial charge on any atom is 0.0106 e. The Bertz CT molecular complexity index is 134. The van der Waals surface area contributed by atoms with Crippen LogP contribution in [0.3, 0.4) is 0 Å². The fourth-order valence-electron chi connectivity index (χ4n) is 0.427. The highest BCUT2D eigenvalue weighted by molar-refractivity contribution is 5.12. The van der Waals surface area contributed by atoms with Crippen LogP contribution in [0.4, 0.5) is 0 Å². The topological polar surface area (TPSA) is 3.24 Å². The van der Waals surface area contributed by atoms with Crippen LogP contribution in [0.2, 0.25) is 0 Å². The molecule has 0 radical (unpaired) electrons. The van der Waals surface area contributed by atoms with Gasteiger partial charge in [-0.2, -0.15) is 0 Å². The molecule has 0 rings (SSSR count). The second-order valence-corrected chi connectivity index (χ2v) is 1.93. The second-order valence-electron chi connectivity index (χ2n) is 1.93. The Morgan fingerprint density at radius 2 is 2.00 bits per heavy atom. The first-order valence-corrected chi connectivity index (χ1v) is 2.86. The van der Waals surface area contributed by atoms with Gasteiger partial charge >= 0.3 is 0 Å². The van der Waals surface area contributed by atoms with Crippen molar-refractivity contribution in [2.75, 3.05) is 7.05 Å². The summed E-state index contributed by atoms with van der Waals surface area (Å²) in [5.74, 6) is 0. The lowest BCUT2D eigenvalue weighted by molar-refractivity contribution is 0.623. The first-order chi connectivity index (χ1) is 4.20. The van der Waals surface area contributed by atoms with E-state index in [1.54, 1.807) is 12.3 Å². The number of rotatable bonds is 3. The zero-order valence-corrected chi connectivity index (χ0v) is 6.09. The van der Waals surface area contributed by atoms with Crippen LogP contribution in [-0.4, -0.2) is 11.9 Å². The molecule has 0 aromatic rings. The summed E-state index contributed by atoms with van der Waals surface area (Å²) in [6.45, 7) is 9.21. The number of hydrogen-bond acceptors (Lipinski definition) is 1. The Kier molecular flexibility index (Phi) is 3.52. The third kappa shape index (κ3) is 3.59. The van der Waals surface area contributed by atoms with Crippen molar-refractivity contribution in [1.82, 2.24) is 4.90 Å². The lowest BCUT2D eigenvalue weighted by Gasteiger charge is -2.05. The Morgan fingerprint density at radius 3 is 2.33 bits per heavy atom. The molecule has 0 aliphatic heterocycles. The molecule has 0 unspecified atom stereocenters. The Labute approximate surface area is 57.0 Å². The molecule has 0 fully saturated rings. The van der Waals surface area contributed by atoms with Gasteiger partial charge in [-0.15, -0.1) is 0 Å². The summed E-state index contributed by atoms with van der Waals surface area (Å²) in [4.78, 5) is 1.89. The van der Waals surface area contributed by atoms with Gasteiger partial charge in [0.2, 0.25) is 0 Å². The molecule has 1 heteroatoms. The zero-order valence-electron chi connectivity index (χ0n) is 6.09. The van der Waals surface area contributed by atoms with Gasteiger partial charge in [-0.25, -0.2) is 0 Å². The fourth-order valence-corrected chi connectivity index (χ4v) is 0.427. The quantitative estimate of drug-likeness (QED) is 0.520. The van der Waals surface area contributed by atoms with E-state index >= 15 is 0 Å². The molecule has 0 saturated carbocycles. The molecule has 0 aliphatic rings. The molecule has 0 bridgehead atoms. The van der Waals surface area contributed by atoms with Crippen LogP contribution in [0.1, 0.15) is 6.92 Å². The van der Waals surface area contributed by atoms with E-state index < -0.39 is 0 Å². The molecule has 0 aliphatic carbocycles. The van der Waals surface area contributed by atoms with Crippen LogP contribution in [0, 0.1) is 0 Å². The molecule has 50 valence electrons. The van der Waals surface area contributed by atoms with Gasteiger partial charge in [-0.1, -0.05) is 19.2 Å². The summed E-state index contributed by atoms with van der Waals surface area (Å²) in [5, 5.41) is 0. The van der Waals surface area contributed by atoms with Crippen molar-refractivity contribution < 1.29 is 0 Å². The third-order valence-electron chi connectivity index (χ3n) is 1.02. The minimum Gasteiger partial charge on any atom is -0.358 e. The minimum atomic E-state index is 1.14. The summed E-state index contributed by atoms with van der Waals surface area (Å²) in [6.07, 6.45) is 5.51. The highest BCUT2D eigenvalue weighted by Crippen LogP contribution is 1.94. The van der Waals surface area contributed by atoms with Gasteiger partial charge in [0.25, 0.3) is 0 Å². The van der Waals surface area contributed by atoms with Gasteiger partial charge in [-0.3, -0.25) is 0 Å². The van der Waals surface area contributed by atoms with Crippen molar-refractivity contribution in [1.29, 1.82) is 0 Å².